The largest absolute Gasteiger partial charge is 0.493 e. The summed E-state index contributed by atoms with van der Waals surface area (Å²) in [6.45, 7) is 10.2. The molecule has 0 atom stereocenters. The summed E-state index contributed by atoms with van der Waals surface area (Å²) in [5, 5.41) is 2.20. The second kappa shape index (κ2) is 10.6. The highest BCUT2D eigenvalue weighted by Gasteiger charge is 2.13. The molecule has 0 aliphatic heterocycles. The summed E-state index contributed by atoms with van der Waals surface area (Å²) in [5.41, 5.74) is 4.07. The Balaban J connectivity index is 1.79. The topological polar surface area (TPSA) is 31.6 Å². The van der Waals surface area contributed by atoms with E-state index in [0.29, 0.717) is 0 Å². The molecule has 1 heterocycles. The van der Waals surface area contributed by atoms with E-state index in [1.165, 1.54) is 38.5 Å². The van der Waals surface area contributed by atoms with Gasteiger partial charge in [-0.1, -0.05) is 52.4 Å². The van der Waals surface area contributed by atoms with Crippen LogP contribution < -0.4 is 9.47 Å². The van der Waals surface area contributed by atoms with Crippen LogP contribution in [0.5, 0.6) is 11.5 Å². The Kier molecular flexibility index (Phi) is 7.85. The van der Waals surface area contributed by atoms with Crippen molar-refractivity contribution in [3.05, 3.63) is 35.4 Å². The van der Waals surface area contributed by atoms with Crippen molar-refractivity contribution in [1.29, 1.82) is 0 Å². The minimum Gasteiger partial charge on any atom is -0.493 e. The Morgan fingerprint density at radius 1 is 0.621 bits per heavy atom. The number of furan rings is 1. The van der Waals surface area contributed by atoms with Crippen molar-refractivity contribution in [2.75, 3.05) is 13.2 Å². The van der Waals surface area contributed by atoms with Crippen LogP contribution in [0.15, 0.2) is 28.7 Å². The molecule has 2 aromatic carbocycles. The average Bonchev–Trinajstić information content (AvgIpc) is 3.03. The summed E-state index contributed by atoms with van der Waals surface area (Å²) in [4.78, 5) is 0. The van der Waals surface area contributed by atoms with Crippen LogP contribution in [0.2, 0.25) is 0 Å². The molecule has 0 saturated carbocycles. The van der Waals surface area contributed by atoms with Crippen LogP contribution in [-0.4, -0.2) is 13.2 Å². The van der Waals surface area contributed by atoms with Crippen LogP contribution >= 0.6 is 0 Å². The molecule has 3 rings (SSSR count). The number of hydrogen-bond acceptors (Lipinski definition) is 3. The van der Waals surface area contributed by atoms with Gasteiger partial charge in [0.05, 0.1) is 13.2 Å². The smallest absolute Gasteiger partial charge is 0.135 e. The molecule has 1 aromatic heterocycles. The molecule has 0 amide bonds. The summed E-state index contributed by atoms with van der Waals surface area (Å²) in [6.07, 6.45) is 9.69. The molecule has 0 bridgehead atoms. The van der Waals surface area contributed by atoms with E-state index in [9.17, 15) is 0 Å². The Bertz CT molecular complexity index is 848. The van der Waals surface area contributed by atoms with Gasteiger partial charge in [-0.3, -0.25) is 0 Å². The van der Waals surface area contributed by atoms with Gasteiger partial charge in [0, 0.05) is 10.8 Å². The van der Waals surface area contributed by atoms with Gasteiger partial charge in [0.2, 0.25) is 0 Å². The maximum atomic E-state index is 6.13. The maximum absolute atomic E-state index is 6.13. The second-order valence-corrected chi connectivity index (χ2v) is 8.15. The first-order valence-electron chi connectivity index (χ1n) is 11.4. The number of aryl methyl sites for hydroxylation is 2. The van der Waals surface area contributed by atoms with E-state index in [1.54, 1.807) is 0 Å². The van der Waals surface area contributed by atoms with Gasteiger partial charge in [-0.25, -0.2) is 0 Å². The Labute approximate surface area is 175 Å². The summed E-state index contributed by atoms with van der Waals surface area (Å²) >= 11 is 0. The van der Waals surface area contributed by atoms with Gasteiger partial charge in [-0.15, -0.1) is 0 Å². The fourth-order valence-electron chi connectivity index (χ4n) is 3.76. The van der Waals surface area contributed by atoms with Gasteiger partial charge in [0.25, 0.3) is 0 Å². The van der Waals surface area contributed by atoms with Gasteiger partial charge in [-0.05, 0) is 62.1 Å². The molecule has 0 aliphatic carbocycles. The number of ether oxygens (including phenoxy) is 2. The molecule has 0 spiro atoms. The number of hydrogen-bond donors (Lipinski definition) is 0. The van der Waals surface area contributed by atoms with Crippen LogP contribution in [0.1, 0.15) is 76.3 Å². The Morgan fingerprint density at radius 2 is 1.07 bits per heavy atom. The Morgan fingerprint density at radius 3 is 1.48 bits per heavy atom. The number of fused-ring (bicyclic) bond motifs is 3. The van der Waals surface area contributed by atoms with Gasteiger partial charge >= 0.3 is 0 Å². The lowest BCUT2D eigenvalue weighted by molar-refractivity contribution is 0.303. The number of rotatable bonds is 12. The molecule has 29 heavy (non-hydrogen) atoms. The van der Waals surface area contributed by atoms with Crippen molar-refractivity contribution in [2.24, 2.45) is 0 Å². The summed E-state index contributed by atoms with van der Waals surface area (Å²) in [5.74, 6) is 1.92. The van der Waals surface area contributed by atoms with Crippen molar-refractivity contribution in [3.8, 4) is 11.5 Å². The van der Waals surface area contributed by atoms with Gasteiger partial charge in [0.15, 0.2) is 0 Å². The monoisotopic (exact) mass is 396 g/mol. The predicted molar refractivity (Wildman–Crippen MR) is 122 cm³/mol. The number of benzene rings is 2. The molecular weight excluding hydrogens is 360 g/mol. The summed E-state index contributed by atoms with van der Waals surface area (Å²) in [6, 6.07) is 8.46. The van der Waals surface area contributed by atoms with E-state index < -0.39 is 0 Å². The third kappa shape index (κ3) is 5.46. The molecular formula is C26H36O3. The molecule has 0 saturated heterocycles. The first kappa shape index (κ1) is 21.5. The minimum atomic E-state index is 0.771. The average molecular weight is 397 g/mol. The van der Waals surface area contributed by atoms with E-state index in [-0.39, 0.29) is 0 Å². The third-order valence-corrected chi connectivity index (χ3v) is 5.58. The highest BCUT2D eigenvalue weighted by Crippen LogP contribution is 2.37. The van der Waals surface area contributed by atoms with Crippen molar-refractivity contribution < 1.29 is 13.9 Å². The molecule has 0 unspecified atom stereocenters. The third-order valence-electron chi connectivity index (χ3n) is 5.58. The van der Waals surface area contributed by atoms with Gasteiger partial charge in [0.1, 0.15) is 22.7 Å². The SMILES string of the molecule is CCCCCCOc1cc2c(cc1C)oc1cc(C)c(OCCCCCC)cc12. The minimum absolute atomic E-state index is 0.771. The second-order valence-electron chi connectivity index (χ2n) is 8.15. The van der Waals surface area contributed by atoms with E-state index in [4.69, 9.17) is 13.9 Å². The van der Waals surface area contributed by atoms with Gasteiger partial charge in [-0.2, -0.15) is 0 Å². The van der Waals surface area contributed by atoms with E-state index in [1.807, 2.05) is 0 Å². The molecule has 158 valence electrons. The van der Waals surface area contributed by atoms with Crippen molar-refractivity contribution in [2.45, 2.75) is 79.1 Å². The first-order valence-corrected chi connectivity index (χ1v) is 11.4. The predicted octanol–water partition coefficient (Wildman–Crippen LogP) is 8.12. The van der Waals surface area contributed by atoms with Crippen LogP contribution in [0, 0.1) is 13.8 Å². The molecule has 3 nitrogen and oxygen atoms in total. The molecule has 0 aliphatic rings. The fraction of sp³-hybridized carbons (Fsp3) is 0.538. The summed E-state index contributed by atoms with van der Waals surface area (Å²) < 4.78 is 18.3. The number of unbranched alkanes of at least 4 members (excludes halogenated alkanes) is 6. The molecule has 0 N–H and O–H groups in total. The first-order chi connectivity index (χ1) is 14.1. The van der Waals surface area contributed by atoms with E-state index in [0.717, 1.165) is 70.6 Å². The van der Waals surface area contributed by atoms with Gasteiger partial charge < -0.3 is 13.9 Å². The lowest BCUT2D eigenvalue weighted by Gasteiger charge is -2.10. The van der Waals surface area contributed by atoms with Crippen LogP contribution in [0.25, 0.3) is 21.9 Å². The van der Waals surface area contributed by atoms with Crippen LogP contribution in [0.3, 0.4) is 0 Å². The molecule has 0 radical (unpaired) electrons. The lowest BCUT2D eigenvalue weighted by atomic mass is 10.1. The standard InChI is InChI=1S/C26H36O3/c1-5-7-9-11-13-27-23-17-21-22-18-24(28-14-12-10-8-6-2)20(4)16-26(22)29-25(21)15-19(23)3/h15-18H,5-14H2,1-4H3. The molecule has 0 fully saturated rings. The fourth-order valence-corrected chi connectivity index (χ4v) is 3.76. The van der Waals surface area contributed by atoms with Crippen molar-refractivity contribution in [1.82, 2.24) is 0 Å². The zero-order valence-corrected chi connectivity index (χ0v) is 18.6. The maximum Gasteiger partial charge on any atom is 0.135 e. The van der Waals surface area contributed by atoms with Crippen molar-refractivity contribution in [3.63, 3.8) is 0 Å². The zero-order valence-electron chi connectivity index (χ0n) is 18.6. The summed E-state index contributed by atoms with van der Waals surface area (Å²) in [7, 11) is 0. The van der Waals surface area contributed by atoms with E-state index >= 15 is 0 Å². The van der Waals surface area contributed by atoms with Crippen LogP contribution in [0.4, 0.5) is 0 Å². The molecule has 3 aromatic rings. The highest BCUT2D eigenvalue weighted by molar-refractivity contribution is 6.06. The zero-order chi connectivity index (χ0) is 20.6. The highest BCUT2D eigenvalue weighted by atomic mass is 16.5. The van der Waals surface area contributed by atoms with Crippen molar-refractivity contribution >= 4 is 21.9 Å². The Hall–Kier alpha value is -2.16. The van der Waals surface area contributed by atoms with E-state index in [2.05, 4.69) is 52.0 Å². The quantitative estimate of drug-likeness (QED) is 0.290. The normalized spacial score (nSPS) is 11.4. The lowest BCUT2D eigenvalue weighted by Crippen LogP contribution is -1.99. The van der Waals surface area contributed by atoms with Crippen LogP contribution in [-0.2, 0) is 0 Å². The molecule has 3 heteroatoms.